The third kappa shape index (κ3) is 4.68. The van der Waals surface area contributed by atoms with E-state index in [0.29, 0.717) is 38.2 Å². The van der Waals surface area contributed by atoms with Gasteiger partial charge in [-0.3, -0.25) is 9.52 Å². The van der Waals surface area contributed by atoms with Crippen LogP contribution < -0.4 is 15.0 Å². The van der Waals surface area contributed by atoms with Crippen molar-refractivity contribution in [1.82, 2.24) is 10.1 Å². The van der Waals surface area contributed by atoms with Gasteiger partial charge < -0.3 is 14.2 Å². The highest BCUT2D eigenvalue weighted by Crippen LogP contribution is 2.38. The fourth-order valence-corrected chi connectivity index (χ4v) is 5.19. The van der Waals surface area contributed by atoms with Crippen LogP contribution in [0.2, 0.25) is 5.02 Å². The topological polar surface area (TPSA) is 114 Å². The normalized spacial score (nSPS) is 11.6. The fraction of sp³-hybridized carbons (Fsp3) is 0.0769. The molecule has 11 heteroatoms. The average molecular weight is 540 g/mol. The van der Waals surface area contributed by atoms with E-state index in [1.807, 2.05) is 6.92 Å². The van der Waals surface area contributed by atoms with Crippen molar-refractivity contribution in [2.45, 2.75) is 11.8 Å². The number of hydrogen-bond donors (Lipinski definition) is 2. The maximum Gasteiger partial charge on any atom is 0.263 e. The number of H-pyrrole nitrogens is 1. The van der Waals surface area contributed by atoms with Crippen molar-refractivity contribution in [3.8, 4) is 28.1 Å². The van der Waals surface area contributed by atoms with Crippen LogP contribution in [0.4, 0.5) is 10.2 Å². The molecule has 0 saturated heterocycles. The predicted molar refractivity (Wildman–Crippen MR) is 139 cm³/mol. The molecule has 0 amide bonds. The number of aromatic amines is 1. The number of nitrogens with one attached hydrogen (secondary N) is 2. The Kier molecular flexibility index (Phi) is 6.22. The molecule has 0 aliphatic heterocycles. The van der Waals surface area contributed by atoms with Crippen molar-refractivity contribution in [1.29, 1.82) is 0 Å². The summed E-state index contributed by atoms with van der Waals surface area (Å²) in [7, 11) is -2.56. The highest BCUT2D eigenvalue weighted by Gasteiger charge is 2.20. The largest absolute Gasteiger partial charge is 0.496 e. The predicted octanol–water partition coefficient (Wildman–Crippen LogP) is 5.76. The van der Waals surface area contributed by atoms with Crippen LogP contribution in [-0.2, 0) is 10.0 Å². The Hall–Kier alpha value is -4.15. The quantitative estimate of drug-likeness (QED) is 0.283. The Morgan fingerprint density at radius 1 is 1.05 bits per heavy atom. The molecule has 2 N–H and O–H groups in total. The molecule has 188 valence electrons. The molecule has 3 aromatic carbocycles. The van der Waals surface area contributed by atoms with Gasteiger partial charge in [-0.1, -0.05) is 28.9 Å². The van der Waals surface area contributed by atoms with E-state index in [4.69, 9.17) is 16.3 Å². The van der Waals surface area contributed by atoms with E-state index in [2.05, 4.69) is 19.4 Å². The van der Waals surface area contributed by atoms with E-state index < -0.39 is 21.4 Å². The first-order valence-corrected chi connectivity index (χ1v) is 12.8. The van der Waals surface area contributed by atoms with Crippen LogP contribution in [0, 0.1) is 12.7 Å². The summed E-state index contributed by atoms with van der Waals surface area (Å²) in [6.45, 7) is 1.83. The third-order valence-corrected chi connectivity index (χ3v) is 7.62. The summed E-state index contributed by atoms with van der Waals surface area (Å²) in [4.78, 5) is 15.2. The van der Waals surface area contributed by atoms with Gasteiger partial charge in [-0.2, -0.15) is 0 Å². The minimum absolute atomic E-state index is 0.0166. The van der Waals surface area contributed by atoms with Crippen LogP contribution in [0.5, 0.6) is 5.75 Å². The van der Waals surface area contributed by atoms with E-state index >= 15 is 4.39 Å². The van der Waals surface area contributed by atoms with Gasteiger partial charge in [0, 0.05) is 33.7 Å². The fourth-order valence-electron chi connectivity index (χ4n) is 4.05. The van der Waals surface area contributed by atoms with E-state index in [9.17, 15) is 13.2 Å². The van der Waals surface area contributed by atoms with Crippen LogP contribution in [0.15, 0.2) is 81.1 Å². The number of nitrogens with zero attached hydrogens (tertiary/aromatic N) is 1. The lowest BCUT2D eigenvalue weighted by molar-refractivity contribution is 0.415. The number of sulfonamides is 1. The number of aromatic nitrogens is 2. The summed E-state index contributed by atoms with van der Waals surface area (Å²) in [5.74, 6) is -0.203. The SMILES string of the molecule is COc1cc(-c2ccc(Cl)c(C)c2)c(F)cc1-c1[nH]c(=O)cc2cc(S(=O)(=O)Nc3ccon3)ccc12. The minimum atomic E-state index is -4.01. The number of pyridine rings is 1. The Labute approximate surface area is 215 Å². The monoisotopic (exact) mass is 539 g/mol. The molecule has 0 fully saturated rings. The number of anilines is 1. The number of hydrogen-bond acceptors (Lipinski definition) is 6. The number of methoxy groups -OCH3 is 1. The Morgan fingerprint density at radius 2 is 1.86 bits per heavy atom. The second-order valence-electron chi connectivity index (χ2n) is 8.24. The van der Waals surface area contributed by atoms with E-state index in [-0.39, 0.29) is 16.4 Å². The zero-order valence-electron chi connectivity index (χ0n) is 19.5. The van der Waals surface area contributed by atoms with Crippen LogP contribution in [0.3, 0.4) is 0 Å². The van der Waals surface area contributed by atoms with E-state index in [0.717, 1.165) is 5.56 Å². The zero-order chi connectivity index (χ0) is 26.3. The molecule has 0 aliphatic carbocycles. The molecule has 0 bridgehead atoms. The number of fused-ring (bicyclic) bond motifs is 1. The van der Waals surface area contributed by atoms with Gasteiger partial charge in [0.15, 0.2) is 5.82 Å². The van der Waals surface area contributed by atoms with Crippen LogP contribution >= 0.6 is 11.6 Å². The summed E-state index contributed by atoms with van der Waals surface area (Å²) >= 11 is 6.12. The first-order valence-electron chi connectivity index (χ1n) is 10.9. The molecular formula is C26H19ClFN3O5S. The Morgan fingerprint density at radius 3 is 2.57 bits per heavy atom. The summed E-state index contributed by atoms with van der Waals surface area (Å²) in [6.07, 6.45) is 1.23. The van der Waals surface area contributed by atoms with Gasteiger partial charge >= 0.3 is 0 Å². The molecule has 0 spiro atoms. The summed E-state index contributed by atoms with van der Waals surface area (Å²) in [6, 6.07) is 14.9. The summed E-state index contributed by atoms with van der Waals surface area (Å²) in [5, 5.41) is 4.94. The molecule has 0 saturated carbocycles. The van der Waals surface area contributed by atoms with Crippen molar-refractivity contribution in [2.75, 3.05) is 11.8 Å². The molecule has 5 aromatic rings. The molecule has 0 aliphatic rings. The van der Waals surface area contributed by atoms with Gasteiger partial charge in [-0.25, -0.2) is 12.8 Å². The highest BCUT2D eigenvalue weighted by atomic mass is 35.5. The smallest absolute Gasteiger partial charge is 0.263 e. The maximum absolute atomic E-state index is 15.4. The molecule has 8 nitrogen and oxygen atoms in total. The zero-order valence-corrected chi connectivity index (χ0v) is 21.1. The number of aryl methyl sites for hydroxylation is 1. The van der Waals surface area contributed by atoms with E-state index in [1.54, 1.807) is 24.3 Å². The van der Waals surface area contributed by atoms with Gasteiger partial charge in [0.05, 0.1) is 17.7 Å². The lowest BCUT2D eigenvalue weighted by Gasteiger charge is -2.15. The summed E-state index contributed by atoms with van der Waals surface area (Å²) in [5.41, 5.74) is 1.80. The first kappa shape index (κ1) is 24.5. The molecular weight excluding hydrogens is 521 g/mol. The first-order chi connectivity index (χ1) is 17.7. The van der Waals surface area contributed by atoms with Crippen LogP contribution in [-0.4, -0.2) is 25.7 Å². The van der Waals surface area contributed by atoms with Gasteiger partial charge in [0.1, 0.15) is 17.8 Å². The van der Waals surface area contributed by atoms with Crippen molar-refractivity contribution >= 4 is 38.2 Å². The van der Waals surface area contributed by atoms with Crippen molar-refractivity contribution in [2.24, 2.45) is 0 Å². The Bertz CT molecular complexity index is 1820. The molecule has 0 atom stereocenters. The molecule has 37 heavy (non-hydrogen) atoms. The third-order valence-electron chi connectivity index (χ3n) is 5.84. The van der Waals surface area contributed by atoms with Gasteiger partial charge in [0.2, 0.25) is 5.56 Å². The lowest BCUT2D eigenvalue weighted by atomic mass is 9.97. The highest BCUT2D eigenvalue weighted by molar-refractivity contribution is 7.92. The lowest BCUT2D eigenvalue weighted by Crippen LogP contribution is -2.13. The number of halogens is 2. The molecule has 0 radical (unpaired) electrons. The van der Waals surface area contributed by atoms with Gasteiger partial charge in [-0.15, -0.1) is 0 Å². The Balaban J connectivity index is 1.64. The minimum Gasteiger partial charge on any atom is -0.496 e. The van der Waals surface area contributed by atoms with E-state index in [1.165, 1.54) is 49.8 Å². The molecule has 2 heterocycles. The van der Waals surface area contributed by atoms with Gasteiger partial charge in [0.25, 0.3) is 10.0 Å². The van der Waals surface area contributed by atoms with Crippen molar-refractivity contribution in [3.63, 3.8) is 0 Å². The van der Waals surface area contributed by atoms with Crippen LogP contribution in [0.1, 0.15) is 5.56 Å². The average Bonchev–Trinajstić information content (AvgIpc) is 3.37. The second kappa shape index (κ2) is 9.38. The standard InChI is InChI=1S/C26H19ClFN3O5S/c1-14-9-15(3-6-21(14)27)19-13-23(35-2)20(12-22(19)28)26-18-5-4-17(10-16(18)11-25(32)29-26)37(33,34)31-24-7-8-36-30-24/h3-13H,1-2H3,(H,29,32)(H,30,31). The molecule has 0 unspecified atom stereocenters. The van der Waals surface area contributed by atoms with Crippen molar-refractivity contribution < 1.29 is 22.1 Å². The van der Waals surface area contributed by atoms with Crippen LogP contribution in [0.25, 0.3) is 33.2 Å². The summed E-state index contributed by atoms with van der Waals surface area (Å²) < 4.78 is 53.5. The number of ether oxygens (including phenoxy) is 1. The number of rotatable bonds is 6. The van der Waals surface area contributed by atoms with Gasteiger partial charge in [-0.05, 0) is 59.8 Å². The number of benzene rings is 3. The molecule has 5 rings (SSSR count). The second-order valence-corrected chi connectivity index (χ2v) is 10.3. The van der Waals surface area contributed by atoms with Crippen molar-refractivity contribution in [3.05, 3.63) is 93.7 Å². The molecule has 2 aromatic heterocycles. The maximum atomic E-state index is 15.4.